The van der Waals surface area contributed by atoms with Crippen molar-refractivity contribution in [3.63, 3.8) is 0 Å². The molecule has 1 aromatic carbocycles. The van der Waals surface area contributed by atoms with Gasteiger partial charge < -0.3 is 10.0 Å². The molecule has 0 spiro atoms. The lowest BCUT2D eigenvalue weighted by Gasteiger charge is -2.36. The average molecular weight is 417 g/mol. The number of nitrogens with zero attached hydrogens (tertiary/aromatic N) is 1. The topological polar surface area (TPSA) is 69.6 Å². The fourth-order valence-corrected chi connectivity index (χ4v) is 4.29. The number of rotatable bonds is 4. The van der Waals surface area contributed by atoms with E-state index in [0.717, 1.165) is 22.9 Å². The van der Waals surface area contributed by atoms with E-state index in [0.29, 0.717) is 13.1 Å². The highest BCUT2D eigenvalue weighted by Gasteiger charge is 2.33. The number of carboxylic acid groups (broad SMARTS) is 1. The van der Waals surface area contributed by atoms with Crippen molar-refractivity contribution in [2.75, 3.05) is 13.1 Å². The second kappa shape index (κ2) is 7.97. The van der Waals surface area contributed by atoms with Crippen molar-refractivity contribution < 1.29 is 14.1 Å². The van der Waals surface area contributed by atoms with Gasteiger partial charge in [-0.15, -0.1) is 0 Å². The SMILES string of the molecule is CC(C)(C)[S@](=O)N[C@H](c1ccccc1Br)C1CCN(C(=O)O)CC1. The van der Waals surface area contributed by atoms with E-state index in [4.69, 9.17) is 5.11 Å². The van der Waals surface area contributed by atoms with E-state index in [1.807, 2.05) is 45.0 Å². The minimum absolute atomic E-state index is 0.0726. The molecule has 0 bridgehead atoms. The molecule has 1 aliphatic rings. The molecular weight excluding hydrogens is 392 g/mol. The first-order chi connectivity index (χ1) is 11.2. The second-order valence-electron chi connectivity index (χ2n) is 7.11. The molecular formula is C17H25BrN2O3S. The van der Waals surface area contributed by atoms with Gasteiger partial charge in [0.2, 0.25) is 0 Å². The van der Waals surface area contributed by atoms with Crippen molar-refractivity contribution in [3.05, 3.63) is 34.3 Å². The fraction of sp³-hybridized carbons (Fsp3) is 0.588. The van der Waals surface area contributed by atoms with Crippen LogP contribution in [0.5, 0.6) is 0 Å². The van der Waals surface area contributed by atoms with Crippen molar-refractivity contribution in [1.29, 1.82) is 0 Å². The van der Waals surface area contributed by atoms with Crippen LogP contribution in [-0.2, 0) is 11.0 Å². The number of benzene rings is 1. The van der Waals surface area contributed by atoms with Crippen LogP contribution in [0, 0.1) is 5.92 Å². The Hall–Kier alpha value is -0.920. The van der Waals surface area contributed by atoms with Crippen LogP contribution in [-0.4, -0.2) is 38.1 Å². The van der Waals surface area contributed by atoms with Gasteiger partial charge in [0.25, 0.3) is 0 Å². The van der Waals surface area contributed by atoms with Crippen LogP contribution in [0.1, 0.15) is 45.2 Å². The van der Waals surface area contributed by atoms with E-state index < -0.39 is 17.1 Å². The molecule has 0 radical (unpaired) electrons. The van der Waals surface area contributed by atoms with Crippen LogP contribution in [0.15, 0.2) is 28.7 Å². The summed E-state index contributed by atoms with van der Waals surface area (Å²) in [4.78, 5) is 12.6. The van der Waals surface area contributed by atoms with Crippen LogP contribution in [0.4, 0.5) is 4.79 Å². The minimum Gasteiger partial charge on any atom is -0.465 e. The van der Waals surface area contributed by atoms with Crippen LogP contribution < -0.4 is 4.72 Å². The highest BCUT2D eigenvalue weighted by molar-refractivity contribution is 9.10. The van der Waals surface area contributed by atoms with E-state index in [1.165, 1.54) is 4.90 Å². The number of likely N-dealkylation sites (tertiary alicyclic amines) is 1. The number of piperidine rings is 1. The van der Waals surface area contributed by atoms with E-state index >= 15 is 0 Å². The lowest BCUT2D eigenvalue weighted by atomic mass is 9.86. The molecule has 24 heavy (non-hydrogen) atoms. The Morgan fingerprint density at radius 2 is 1.92 bits per heavy atom. The zero-order chi connectivity index (χ0) is 17.9. The summed E-state index contributed by atoms with van der Waals surface area (Å²) >= 11 is 3.60. The van der Waals surface area contributed by atoms with Gasteiger partial charge in [-0.2, -0.15) is 0 Å². The van der Waals surface area contributed by atoms with E-state index in [2.05, 4.69) is 20.7 Å². The Morgan fingerprint density at radius 3 is 2.42 bits per heavy atom. The van der Waals surface area contributed by atoms with Gasteiger partial charge >= 0.3 is 6.09 Å². The lowest BCUT2D eigenvalue weighted by molar-refractivity contribution is 0.119. The number of halogens is 1. The van der Waals surface area contributed by atoms with Crippen molar-refractivity contribution >= 4 is 33.0 Å². The predicted molar refractivity (Wildman–Crippen MR) is 100 cm³/mol. The third-order valence-electron chi connectivity index (χ3n) is 4.31. The third-order valence-corrected chi connectivity index (χ3v) is 6.61. The van der Waals surface area contributed by atoms with Gasteiger partial charge in [-0.3, -0.25) is 0 Å². The van der Waals surface area contributed by atoms with Crippen molar-refractivity contribution in [2.24, 2.45) is 5.92 Å². The molecule has 7 heteroatoms. The maximum Gasteiger partial charge on any atom is 0.407 e. The first-order valence-electron chi connectivity index (χ1n) is 8.10. The van der Waals surface area contributed by atoms with E-state index in [1.54, 1.807) is 0 Å². The summed E-state index contributed by atoms with van der Waals surface area (Å²) < 4.78 is 16.6. The molecule has 1 aromatic rings. The first-order valence-corrected chi connectivity index (χ1v) is 10.0. The van der Waals surface area contributed by atoms with Crippen LogP contribution in [0.3, 0.4) is 0 Å². The van der Waals surface area contributed by atoms with Gasteiger partial charge in [-0.05, 0) is 51.2 Å². The monoisotopic (exact) mass is 416 g/mol. The summed E-state index contributed by atoms with van der Waals surface area (Å²) in [7, 11) is -1.20. The normalized spacial score (nSPS) is 19.1. The molecule has 0 unspecified atom stereocenters. The molecule has 2 rings (SSSR count). The fourth-order valence-electron chi connectivity index (χ4n) is 2.86. The molecule has 5 nitrogen and oxygen atoms in total. The molecule has 1 heterocycles. The van der Waals surface area contributed by atoms with Crippen molar-refractivity contribution in [2.45, 2.75) is 44.4 Å². The van der Waals surface area contributed by atoms with Crippen LogP contribution >= 0.6 is 15.9 Å². The number of nitrogens with one attached hydrogen (secondary N) is 1. The largest absolute Gasteiger partial charge is 0.465 e. The molecule has 1 aliphatic heterocycles. The Kier molecular flexibility index (Phi) is 6.45. The molecule has 0 aliphatic carbocycles. The van der Waals surface area contributed by atoms with Gasteiger partial charge in [0.1, 0.15) is 0 Å². The minimum atomic E-state index is -1.20. The van der Waals surface area contributed by atoms with Crippen molar-refractivity contribution in [1.82, 2.24) is 9.62 Å². The Balaban J connectivity index is 2.22. The van der Waals surface area contributed by atoms with Gasteiger partial charge in [0.05, 0.1) is 15.7 Å². The first kappa shape index (κ1) is 19.4. The maximum atomic E-state index is 12.7. The summed E-state index contributed by atoms with van der Waals surface area (Å²) in [5.41, 5.74) is 1.07. The second-order valence-corrected chi connectivity index (χ2v) is 9.96. The number of hydrogen-bond donors (Lipinski definition) is 2. The molecule has 0 aromatic heterocycles. The van der Waals surface area contributed by atoms with Crippen LogP contribution in [0.2, 0.25) is 0 Å². The lowest BCUT2D eigenvalue weighted by Crippen LogP contribution is -2.44. The number of amides is 1. The molecule has 2 N–H and O–H groups in total. The van der Waals surface area contributed by atoms with Gasteiger partial charge in [-0.25, -0.2) is 13.7 Å². The molecule has 134 valence electrons. The van der Waals surface area contributed by atoms with E-state index in [9.17, 15) is 9.00 Å². The molecule has 1 saturated heterocycles. The third kappa shape index (κ3) is 4.80. The molecule has 1 amide bonds. The summed E-state index contributed by atoms with van der Waals surface area (Å²) in [6.07, 6.45) is 0.649. The molecule has 0 saturated carbocycles. The molecule has 1 fully saturated rings. The quantitative estimate of drug-likeness (QED) is 0.780. The zero-order valence-electron chi connectivity index (χ0n) is 14.3. The van der Waals surface area contributed by atoms with Crippen LogP contribution in [0.25, 0.3) is 0 Å². The summed E-state index contributed by atoms with van der Waals surface area (Å²) in [6.45, 7) is 6.87. The van der Waals surface area contributed by atoms with Gasteiger partial charge in [0.15, 0.2) is 0 Å². The summed E-state index contributed by atoms with van der Waals surface area (Å²) in [6, 6.07) is 7.87. The van der Waals surface area contributed by atoms with E-state index in [-0.39, 0.29) is 16.7 Å². The van der Waals surface area contributed by atoms with Gasteiger partial charge in [-0.1, -0.05) is 34.1 Å². The summed E-state index contributed by atoms with van der Waals surface area (Å²) in [5, 5.41) is 9.13. The number of hydrogen-bond acceptors (Lipinski definition) is 2. The maximum absolute atomic E-state index is 12.7. The van der Waals surface area contributed by atoms with Crippen molar-refractivity contribution in [3.8, 4) is 0 Å². The Labute approximate surface area is 154 Å². The Bertz CT molecular complexity index is 610. The zero-order valence-corrected chi connectivity index (χ0v) is 16.7. The number of carbonyl (C=O) groups is 1. The average Bonchev–Trinajstić information content (AvgIpc) is 2.52. The standard InChI is InChI=1S/C17H25BrN2O3S/c1-17(2,3)24(23)19-15(13-6-4-5-7-14(13)18)12-8-10-20(11-9-12)16(21)22/h4-7,12,15,19H,8-11H2,1-3H3,(H,21,22)/t15-,24-/m0/s1. The highest BCUT2D eigenvalue weighted by Crippen LogP contribution is 2.35. The smallest absolute Gasteiger partial charge is 0.407 e. The highest BCUT2D eigenvalue weighted by atomic mass is 79.9. The van der Waals surface area contributed by atoms with Gasteiger partial charge in [0, 0.05) is 23.6 Å². The summed E-state index contributed by atoms with van der Waals surface area (Å²) in [5.74, 6) is 0.241. The predicted octanol–water partition coefficient (Wildman–Crippen LogP) is 3.93. The molecule has 2 atom stereocenters. The Morgan fingerprint density at radius 1 is 1.33 bits per heavy atom.